The second kappa shape index (κ2) is 7.62. The monoisotopic (exact) mass is 432 g/mol. The van der Waals surface area contributed by atoms with Gasteiger partial charge in [-0.2, -0.15) is 0 Å². The number of anilines is 1. The van der Waals surface area contributed by atoms with E-state index in [-0.39, 0.29) is 18.2 Å². The fourth-order valence-corrected chi connectivity index (χ4v) is 5.35. The van der Waals surface area contributed by atoms with Gasteiger partial charge in [0.2, 0.25) is 11.8 Å². The first-order valence-corrected chi connectivity index (χ1v) is 11.1. The molecule has 0 radical (unpaired) electrons. The third kappa shape index (κ3) is 3.48. The summed E-state index contributed by atoms with van der Waals surface area (Å²) in [6.07, 6.45) is 3.38. The van der Waals surface area contributed by atoms with Crippen LogP contribution in [0.15, 0.2) is 66.1 Å². The summed E-state index contributed by atoms with van der Waals surface area (Å²) < 4.78 is 1.14. The molecule has 1 aliphatic rings. The van der Waals surface area contributed by atoms with Crippen LogP contribution in [0.3, 0.4) is 0 Å². The normalized spacial score (nSPS) is 16.6. The summed E-state index contributed by atoms with van der Waals surface area (Å²) in [4.78, 5) is 39.6. The van der Waals surface area contributed by atoms with Gasteiger partial charge in [-0.25, -0.2) is 19.9 Å². The average molecular weight is 433 g/mol. The Morgan fingerprint density at radius 3 is 2.60 bits per heavy atom. The van der Waals surface area contributed by atoms with Crippen LogP contribution >= 0.6 is 23.1 Å². The number of rotatable bonds is 4. The fourth-order valence-electron chi connectivity index (χ4n) is 3.35. The molecule has 2 amide bonds. The molecule has 1 saturated heterocycles. The highest BCUT2D eigenvalue weighted by Crippen LogP contribution is 2.35. The number of nitrogens with zero attached hydrogens (tertiary/aromatic N) is 4. The van der Waals surface area contributed by atoms with Gasteiger partial charge in [0.05, 0.1) is 15.9 Å². The number of hydrogen-bond donors (Lipinski definition) is 0. The van der Waals surface area contributed by atoms with E-state index < -0.39 is 5.25 Å². The molecule has 4 aromatic rings. The highest BCUT2D eigenvalue weighted by molar-refractivity contribution is 8.00. The van der Waals surface area contributed by atoms with Crippen LogP contribution in [0, 0.1) is 6.92 Å². The van der Waals surface area contributed by atoms with Crippen molar-refractivity contribution in [2.45, 2.75) is 23.8 Å². The molecule has 1 atom stereocenters. The number of carbonyl (C=O) groups is 2. The third-order valence-corrected chi connectivity index (χ3v) is 6.95. The smallest absolute Gasteiger partial charge is 0.247 e. The summed E-state index contributed by atoms with van der Waals surface area (Å²) in [5, 5.41) is 0.898. The van der Waals surface area contributed by atoms with Crippen LogP contribution in [-0.2, 0) is 9.59 Å². The molecule has 148 valence electrons. The van der Waals surface area contributed by atoms with Crippen LogP contribution in [0.4, 0.5) is 5.69 Å². The van der Waals surface area contributed by atoms with Crippen LogP contribution < -0.4 is 4.90 Å². The van der Waals surface area contributed by atoms with E-state index in [9.17, 15) is 9.59 Å². The number of aromatic nitrogens is 3. The summed E-state index contributed by atoms with van der Waals surface area (Å²) in [5.74, 6) is -0.447. The number of imide groups is 1. The van der Waals surface area contributed by atoms with Crippen molar-refractivity contribution in [1.29, 1.82) is 0 Å². The minimum Gasteiger partial charge on any atom is -0.274 e. The quantitative estimate of drug-likeness (QED) is 0.349. The molecule has 0 saturated carbocycles. The van der Waals surface area contributed by atoms with Crippen LogP contribution in [0.1, 0.15) is 12.0 Å². The van der Waals surface area contributed by atoms with Crippen molar-refractivity contribution >= 4 is 50.8 Å². The van der Waals surface area contributed by atoms with Crippen molar-refractivity contribution in [3.63, 3.8) is 0 Å². The molecule has 0 aliphatic carbocycles. The van der Waals surface area contributed by atoms with Crippen molar-refractivity contribution < 1.29 is 9.59 Å². The Hall–Kier alpha value is -3.10. The number of thioether (sulfide) groups is 1. The second-order valence-electron chi connectivity index (χ2n) is 6.95. The lowest BCUT2D eigenvalue weighted by molar-refractivity contribution is -0.121. The first kappa shape index (κ1) is 18.9. The second-order valence-corrected chi connectivity index (χ2v) is 9.15. The number of carbonyl (C=O) groups excluding carboxylic acids is 2. The van der Waals surface area contributed by atoms with Crippen molar-refractivity contribution in [3.05, 3.63) is 66.5 Å². The fraction of sp³-hybridized carbons (Fsp3) is 0.136. The van der Waals surface area contributed by atoms with Gasteiger partial charge in [-0.3, -0.25) is 9.59 Å². The summed E-state index contributed by atoms with van der Waals surface area (Å²) >= 11 is 2.85. The van der Waals surface area contributed by atoms with E-state index in [1.54, 1.807) is 41.9 Å². The van der Waals surface area contributed by atoms with Gasteiger partial charge in [0.15, 0.2) is 5.16 Å². The van der Waals surface area contributed by atoms with Crippen LogP contribution in [-0.4, -0.2) is 32.0 Å². The molecular formula is C22H16N4O2S2. The predicted octanol–water partition coefficient (Wildman–Crippen LogP) is 4.49. The standard InChI is InChI=1S/C22H16N4O2S2/c1-13-3-8-16-17(11-13)29-20(25-16)14-4-6-15(7-5-14)26-19(27)12-18(21(26)28)30-22-23-9-2-10-24-22/h2-11,18H,12H2,1H3/t18-/m1/s1. The Morgan fingerprint density at radius 1 is 1.07 bits per heavy atom. The van der Waals surface area contributed by atoms with Gasteiger partial charge in [0.1, 0.15) is 10.3 Å². The zero-order valence-corrected chi connectivity index (χ0v) is 17.6. The Morgan fingerprint density at radius 2 is 1.83 bits per heavy atom. The highest BCUT2D eigenvalue weighted by Gasteiger charge is 2.40. The number of aryl methyl sites for hydroxylation is 1. The average Bonchev–Trinajstić information content (AvgIpc) is 3.29. The number of thiazole rings is 1. The van der Waals surface area contributed by atoms with Gasteiger partial charge in [-0.15, -0.1) is 11.3 Å². The van der Waals surface area contributed by atoms with Crippen LogP contribution in [0.2, 0.25) is 0 Å². The molecule has 0 spiro atoms. The van der Waals surface area contributed by atoms with E-state index in [0.717, 1.165) is 20.8 Å². The molecule has 0 bridgehead atoms. The van der Waals surface area contributed by atoms with Crippen LogP contribution in [0.5, 0.6) is 0 Å². The van der Waals surface area contributed by atoms with Crippen LogP contribution in [0.25, 0.3) is 20.8 Å². The molecule has 8 heteroatoms. The van der Waals surface area contributed by atoms with E-state index in [1.165, 1.54) is 22.2 Å². The SMILES string of the molecule is Cc1ccc2nc(-c3ccc(N4C(=O)C[C@@H](Sc5ncccn5)C4=O)cc3)sc2c1. The Balaban J connectivity index is 1.38. The third-order valence-electron chi connectivity index (χ3n) is 4.81. The number of fused-ring (bicyclic) bond motifs is 1. The molecule has 1 fully saturated rings. The summed E-state index contributed by atoms with van der Waals surface area (Å²) in [6.45, 7) is 2.06. The van der Waals surface area contributed by atoms with Gasteiger partial charge >= 0.3 is 0 Å². The lowest BCUT2D eigenvalue weighted by Crippen LogP contribution is -2.31. The molecule has 3 heterocycles. The van der Waals surface area contributed by atoms with Crippen molar-refractivity contribution in [2.24, 2.45) is 0 Å². The predicted molar refractivity (Wildman–Crippen MR) is 119 cm³/mol. The Kier molecular flexibility index (Phi) is 4.80. The molecule has 1 aliphatic heterocycles. The lowest BCUT2D eigenvalue weighted by atomic mass is 10.2. The number of amides is 2. The zero-order chi connectivity index (χ0) is 20.7. The Labute approximate surface area is 181 Å². The van der Waals surface area contributed by atoms with Crippen molar-refractivity contribution in [1.82, 2.24) is 15.0 Å². The van der Waals surface area contributed by atoms with Gasteiger partial charge in [-0.1, -0.05) is 17.8 Å². The number of benzene rings is 2. The van der Waals surface area contributed by atoms with E-state index in [0.29, 0.717) is 10.8 Å². The maximum absolute atomic E-state index is 12.8. The van der Waals surface area contributed by atoms with Gasteiger partial charge < -0.3 is 0 Å². The molecule has 30 heavy (non-hydrogen) atoms. The van der Waals surface area contributed by atoms with E-state index in [1.807, 2.05) is 18.2 Å². The zero-order valence-electron chi connectivity index (χ0n) is 16.0. The minimum atomic E-state index is -0.507. The maximum atomic E-state index is 12.8. The highest BCUT2D eigenvalue weighted by atomic mass is 32.2. The lowest BCUT2D eigenvalue weighted by Gasteiger charge is -2.15. The van der Waals surface area contributed by atoms with Crippen molar-refractivity contribution in [3.8, 4) is 10.6 Å². The van der Waals surface area contributed by atoms with E-state index >= 15 is 0 Å². The number of hydrogen-bond acceptors (Lipinski definition) is 7. The van der Waals surface area contributed by atoms with Gasteiger partial charge in [-0.05, 0) is 55.0 Å². The molecule has 0 N–H and O–H groups in total. The van der Waals surface area contributed by atoms with E-state index in [4.69, 9.17) is 4.98 Å². The first-order chi connectivity index (χ1) is 14.6. The van der Waals surface area contributed by atoms with E-state index in [2.05, 4.69) is 29.0 Å². The maximum Gasteiger partial charge on any atom is 0.247 e. The summed E-state index contributed by atoms with van der Waals surface area (Å²) in [6, 6.07) is 15.3. The van der Waals surface area contributed by atoms with Gasteiger partial charge in [0, 0.05) is 24.4 Å². The largest absolute Gasteiger partial charge is 0.274 e. The molecule has 0 unspecified atom stereocenters. The molecular weight excluding hydrogens is 416 g/mol. The molecule has 5 rings (SSSR count). The topological polar surface area (TPSA) is 76.1 Å². The first-order valence-electron chi connectivity index (χ1n) is 9.36. The molecule has 6 nitrogen and oxygen atoms in total. The van der Waals surface area contributed by atoms with Gasteiger partial charge in [0.25, 0.3) is 0 Å². The molecule has 2 aromatic carbocycles. The summed E-state index contributed by atoms with van der Waals surface area (Å²) in [7, 11) is 0. The Bertz CT molecular complexity index is 1260. The minimum absolute atomic E-state index is 0.140. The molecule has 2 aromatic heterocycles. The van der Waals surface area contributed by atoms with Crippen molar-refractivity contribution in [2.75, 3.05) is 4.90 Å². The summed E-state index contributed by atoms with van der Waals surface area (Å²) in [5.41, 5.74) is 3.70.